The van der Waals surface area contributed by atoms with Crippen molar-refractivity contribution in [1.29, 1.82) is 0 Å². The lowest BCUT2D eigenvalue weighted by Gasteiger charge is -2.10. The fraction of sp³-hybridized carbons (Fsp3) is 0.333. The monoisotopic (exact) mass is 478 g/mol. The number of imidazole rings is 1. The number of ether oxygens (including phenoxy) is 2. The van der Waals surface area contributed by atoms with E-state index in [2.05, 4.69) is 26.0 Å². The van der Waals surface area contributed by atoms with Crippen LogP contribution in [-0.2, 0) is 22.6 Å². The highest BCUT2D eigenvalue weighted by molar-refractivity contribution is 9.10. The second-order valence-electron chi connectivity index (χ2n) is 6.86. The van der Waals surface area contributed by atoms with Crippen molar-refractivity contribution >= 4 is 33.6 Å². The van der Waals surface area contributed by atoms with E-state index < -0.39 is 0 Å². The fourth-order valence-corrected chi connectivity index (χ4v) is 4.21. The average Bonchev–Trinajstić information content (AvgIpc) is 3.33. The van der Waals surface area contributed by atoms with Crippen molar-refractivity contribution in [3.8, 4) is 17.1 Å². The van der Waals surface area contributed by atoms with Gasteiger partial charge in [-0.15, -0.1) is 0 Å². The topological polar surface area (TPSA) is 87.3 Å². The van der Waals surface area contributed by atoms with Crippen LogP contribution in [0.2, 0.25) is 5.15 Å². The van der Waals surface area contributed by atoms with Crippen LogP contribution in [0, 0.1) is 0 Å². The molecule has 1 fully saturated rings. The van der Waals surface area contributed by atoms with Crippen molar-refractivity contribution in [3.63, 3.8) is 0 Å². The Morgan fingerprint density at radius 1 is 1.41 bits per heavy atom. The molecule has 3 aromatic rings. The van der Waals surface area contributed by atoms with E-state index in [4.69, 9.17) is 26.1 Å². The van der Waals surface area contributed by atoms with Gasteiger partial charge in [-0.3, -0.25) is 9.47 Å². The molecule has 0 bridgehead atoms. The molecular weight excluding hydrogens is 464 g/mol. The molecule has 0 radical (unpaired) electrons. The zero-order valence-corrected chi connectivity index (χ0v) is 17.7. The van der Waals surface area contributed by atoms with Gasteiger partial charge in [-0.25, -0.2) is 19.4 Å². The zero-order chi connectivity index (χ0) is 20.1. The summed E-state index contributed by atoms with van der Waals surface area (Å²) in [6, 6.07) is 5.93. The molecule has 5 rings (SSSR count). The molecule has 0 aliphatic carbocycles. The van der Waals surface area contributed by atoms with Gasteiger partial charge in [0.15, 0.2) is 16.8 Å². The largest absolute Gasteiger partial charge is 0.442 e. The number of nitrogens with zero attached hydrogens (tertiary/aromatic N) is 6. The SMILES string of the molecule is COCC1CN(Cc2nc3n(n2)Cc2c(Cl)ncn2-c2ccc(Br)cc2-3)C(=O)O1. The Hall–Kier alpha value is -2.43. The normalized spacial score (nSPS) is 17.6. The van der Waals surface area contributed by atoms with E-state index in [0.29, 0.717) is 36.5 Å². The summed E-state index contributed by atoms with van der Waals surface area (Å²) in [4.78, 5) is 22.7. The van der Waals surface area contributed by atoms with Gasteiger partial charge in [0, 0.05) is 17.1 Å². The number of methoxy groups -OCH3 is 1. The molecule has 11 heteroatoms. The van der Waals surface area contributed by atoms with Crippen LogP contribution in [0.15, 0.2) is 29.0 Å². The number of rotatable bonds is 4. The van der Waals surface area contributed by atoms with Crippen LogP contribution >= 0.6 is 27.5 Å². The quantitative estimate of drug-likeness (QED) is 0.447. The molecule has 2 aliphatic heterocycles. The Labute approximate surface area is 179 Å². The summed E-state index contributed by atoms with van der Waals surface area (Å²) in [5.41, 5.74) is 2.64. The molecular formula is C18H16BrClN6O3. The standard InChI is InChI=1S/C18H16BrClN6O3/c1-28-8-11-5-24(18(27)29-11)7-15-22-17-12-4-10(19)2-3-13(12)25-9-21-16(20)14(25)6-26(17)23-15/h2-4,9,11H,5-8H2,1H3. The molecule has 0 N–H and O–H groups in total. The summed E-state index contributed by atoms with van der Waals surface area (Å²) in [5, 5.41) is 5.06. The summed E-state index contributed by atoms with van der Waals surface area (Å²) >= 11 is 9.85. The first-order chi connectivity index (χ1) is 14.0. The molecule has 9 nitrogen and oxygen atoms in total. The molecule has 150 valence electrons. The van der Waals surface area contributed by atoms with Crippen molar-refractivity contribution < 1.29 is 14.3 Å². The minimum absolute atomic E-state index is 0.259. The number of halogens is 2. The van der Waals surface area contributed by atoms with E-state index >= 15 is 0 Å². The third-order valence-electron chi connectivity index (χ3n) is 4.92. The van der Waals surface area contributed by atoms with Crippen molar-refractivity contribution in [2.24, 2.45) is 0 Å². The molecule has 1 aromatic carbocycles. The molecule has 0 spiro atoms. The summed E-state index contributed by atoms with van der Waals surface area (Å²) in [5.74, 6) is 1.24. The van der Waals surface area contributed by atoms with Crippen LogP contribution in [0.3, 0.4) is 0 Å². The predicted molar refractivity (Wildman–Crippen MR) is 107 cm³/mol. The molecule has 2 aliphatic rings. The molecule has 2 aromatic heterocycles. The van der Waals surface area contributed by atoms with Gasteiger partial charge in [0.1, 0.15) is 12.4 Å². The molecule has 1 saturated heterocycles. The molecule has 0 saturated carbocycles. The number of benzene rings is 1. The first-order valence-corrected chi connectivity index (χ1v) is 10.1. The van der Waals surface area contributed by atoms with E-state index in [1.807, 2.05) is 22.8 Å². The first kappa shape index (κ1) is 18.6. The van der Waals surface area contributed by atoms with Gasteiger partial charge < -0.3 is 9.47 Å². The van der Waals surface area contributed by atoms with E-state index in [1.165, 1.54) is 0 Å². The Morgan fingerprint density at radius 2 is 2.28 bits per heavy atom. The Morgan fingerprint density at radius 3 is 3.10 bits per heavy atom. The highest BCUT2D eigenvalue weighted by Crippen LogP contribution is 2.34. The Balaban J connectivity index is 1.52. The van der Waals surface area contributed by atoms with Gasteiger partial charge in [0.05, 0.1) is 37.6 Å². The first-order valence-electron chi connectivity index (χ1n) is 8.93. The van der Waals surface area contributed by atoms with Gasteiger partial charge in [0.25, 0.3) is 0 Å². The number of cyclic esters (lactones) is 1. The molecule has 1 unspecified atom stereocenters. The van der Waals surface area contributed by atoms with Crippen molar-refractivity contribution in [1.82, 2.24) is 29.2 Å². The molecule has 4 heterocycles. The van der Waals surface area contributed by atoms with Crippen LogP contribution in [0.4, 0.5) is 4.79 Å². The lowest BCUT2D eigenvalue weighted by molar-refractivity contribution is 0.0714. The van der Waals surface area contributed by atoms with E-state index in [9.17, 15) is 4.79 Å². The number of amides is 1. The predicted octanol–water partition coefficient (Wildman–Crippen LogP) is 2.88. The fourth-order valence-electron chi connectivity index (χ4n) is 3.65. The van der Waals surface area contributed by atoms with Crippen LogP contribution in [-0.4, -0.2) is 61.7 Å². The van der Waals surface area contributed by atoms with Gasteiger partial charge in [0.2, 0.25) is 0 Å². The average molecular weight is 480 g/mol. The smallest absolute Gasteiger partial charge is 0.410 e. The van der Waals surface area contributed by atoms with Crippen molar-refractivity contribution in [3.05, 3.63) is 45.7 Å². The number of hydrogen-bond donors (Lipinski definition) is 0. The van der Waals surface area contributed by atoms with E-state index in [-0.39, 0.29) is 18.7 Å². The Bertz CT molecular complexity index is 1110. The van der Waals surface area contributed by atoms with Gasteiger partial charge >= 0.3 is 6.09 Å². The van der Waals surface area contributed by atoms with Gasteiger partial charge in [-0.1, -0.05) is 27.5 Å². The molecule has 29 heavy (non-hydrogen) atoms. The zero-order valence-electron chi connectivity index (χ0n) is 15.4. The summed E-state index contributed by atoms with van der Waals surface area (Å²) in [7, 11) is 1.58. The lowest BCUT2D eigenvalue weighted by Crippen LogP contribution is -2.26. The van der Waals surface area contributed by atoms with E-state index in [1.54, 1.807) is 23.0 Å². The third-order valence-corrected chi connectivity index (χ3v) is 5.73. The van der Waals surface area contributed by atoms with Crippen LogP contribution in [0.25, 0.3) is 17.1 Å². The number of carbonyl (C=O) groups is 1. The van der Waals surface area contributed by atoms with Crippen molar-refractivity contribution in [2.75, 3.05) is 20.3 Å². The molecule has 1 amide bonds. The second kappa shape index (κ2) is 7.12. The van der Waals surface area contributed by atoms with Gasteiger partial charge in [-0.2, -0.15) is 5.10 Å². The van der Waals surface area contributed by atoms with Crippen LogP contribution in [0.5, 0.6) is 0 Å². The van der Waals surface area contributed by atoms with Crippen LogP contribution in [0.1, 0.15) is 11.5 Å². The highest BCUT2D eigenvalue weighted by Gasteiger charge is 2.33. The minimum Gasteiger partial charge on any atom is -0.442 e. The second-order valence-corrected chi connectivity index (χ2v) is 8.14. The summed E-state index contributed by atoms with van der Waals surface area (Å²) < 4.78 is 15.0. The maximum atomic E-state index is 12.1. The maximum Gasteiger partial charge on any atom is 0.410 e. The highest BCUT2D eigenvalue weighted by atomic mass is 79.9. The van der Waals surface area contributed by atoms with Gasteiger partial charge in [-0.05, 0) is 18.2 Å². The number of carbonyl (C=O) groups excluding carboxylic acids is 1. The van der Waals surface area contributed by atoms with Crippen LogP contribution < -0.4 is 0 Å². The lowest BCUT2D eigenvalue weighted by atomic mass is 10.1. The Kier molecular flexibility index (Phi) is 4.56. The number of aromatic nitrogens is 5. The van der Waals surface area contributed by atoms with E-state index in [0.717, 1.165) is 21.4 Å². The summed E-state index contributed by atoms with van der Waals surface area (Å²) in [6.07, 6.45) is 1.03. The molecule has 1 atom stereocenters. The number of hydrogen-bond acceptors (Lipinski definition) is 6. The summed E-state index contributed by atoms with van der Waals surface area (Å²) in [6.45, 7) is 1.48. The third kappa shape index (κ3) is 3.21. The van der Waals surface area contributed by atoms with Crippen molar-refractivity contribution in [2.45, 2.75) is 19.2 Å². The number of fused-ring (bicyclic) bond motifs is 5. The maximum absolute atomic E-state index is 12.1. The minimum atomic E-state index is -0.388.